The van der Waals surface area contributed by atoms with Crippen LogP contribution in [0.1, 0.15) is 19.3 Å². The second kappa shape index (κ2) is 8.98. The van der Waals surface area contributed by atoms with E-state index in [1.807, 2.05) is 25.2 Å². The van der Waals surface area contributed by atoms with Gasteiger partial charge < -0.3 is 15.5 Å². The smallest absolute Gasteiger partial charge is 0.249 e. The third-order valence-electron chi connectivity index (χ3n) is 3.51. The molecule has 0 aromatic heterocycles. The van der Waals surface area contributed by atoms with Gasteiger partial charge in [-0.15, -0.1) is 12.4 Å². The summed E-state index contributed by atoms with van der Waals surface area (Å²) in [6.07, 6.45) is 1.80. The van der Waals surface area contributed by atoms with E-state index in [0.717, 1.165) is 13.0 Å². The Hall–Kier alpha value is -1.30. The Morgan fingerprint density at radius 2 is 2.14 bits per heavy atom. The van der Waals surface area contributed by atoms with Crippen molar-refractivity contribution in [3.05, 3.63) is 29.3 Å². The summed E-state index contributed by atoms with van der Waals surface area (Å²) in [7, 11) is 1.85. The van der Waals surface area contributed by atoms with Crippen LogP contribution in [0.15, 0.2) is 24.3 Å². The molecule has 2 amide bonds. The van der Waals surface area contributed by atoms with Crippen LogP contribution in [0.4, 0.5) is 5.69 Å². The van der Waals surface area contributed by atoms with Crippen LogP contribution in [0.2, 0.25) is 5.02 Å². The molecule has 1 aliphatic rings. The molecule has 1 aliphatic heterocycles. The van der Waals surface area contributed by atoms with Gasteiger partial charge in [-0.25, -0.2) is 0 Å². The normalized spacial score (nSPS) is 17.3. The highest BCUT2D eigenvalue weighted by molar-refractivity contribution is 6.34. The van der Waals surface area contributed by atoms with E-state index in [0.29, 0.717) is 30.1 Å². The van der Waals surface area contributed by atoms with Crippen molar-refractivity contribution in [2.75, 3.05) is 25.0 Å². The molecule has 7 heteroatoms. The first-order valence-electron chi connectivity index (χ1n) is 7.13. The van der Waals surface area contributed by atoms with Crippen LogP contribution in [0.3, 0.4) is 0 Å². The second-order valence-corrected chi connectivity index (χ2v) is 5.46. The number of amides is 2. The molecule has 0 saturated carbocycles. The van der Waals surface area contributed by atoms with Crippen molar-refractivity contribution in [3.8, 4) is 0 Å². The fourth-order valence-electron chi connectivity index (χ4n) is 2.42. The van der Waals surface area contributed by atoms with E-state index < -0.39 is 6.04 Å². The zero-order chi connectivity index (χ0) is 15.2. The van der Waals surface area contributed by atoms with E-state index in [-0.39, 0.29) is 24.2 Å². The molecule has 1 saturated heterocycles. The third-order valence-corrected chi connectivity index (χ3v) is 3.83. The number of carbonyl (C=O) groups excluding carboxylic acids is 2. The first kappa shape index (κ1) is 18.7. The number of carbonyl (C=O) groups is 2. The van der Waals surface area contributed by atoms with E-state index in [4.69, 9.17) is 11.6 Å². The number of anilines is 1. The number of benzene rings is 1. The van der Waals surface area contributed by atoms with Crippen molar-refractivity contribution in [2.24, 2.45) is 0 Å². The molecule has 1 atom stereocenters. The van der Waals surface area contributed by atoms with Crippen LogP contribution in [0, 0.1) is 0 Å². The van der Waals surface area contributed by atoms with Gasteiger partial charge in [0.05, 0.1) is 10.7 Å². The SMILES string of the molecule is CNCCCC(=O)NC1CCN(c2ccccc2Cl)C1=O.Cl. The largest absolute Gasteiger partial charge is 0.344 e. The van der Waals surface area contributed by atoms with Gasteiger partial charge >= 0.3 is 0 Å². The Morgan fingerprint density at radius 1 is 1.41 bits per heavy atom. The molecule has 22 heavy (non-hydrogen) atoms. The molecule has 1 aromatic rings. The minimum atomic E-state index is -0.441. The van der Waals surface area contributed by atoms with Gasteiger partial charge in [0.1, 0.15) is 6.04 Å². The monoisotopic (exact) mass is 345 g/mol. The molecule has 1 aromatic carbocycles. The molecular weight excluding hydrogens is 325 g/mol. The molecule has 0 bridgehead atoms. The molecule has 1 heterocycles. The predicted octanol–water partition coefficient (Wildman–Crippen LogP) is 1.98. The molecule has 2 N–H and O–H groups in total. The Labute approximate surface area is 141 Å². The Morgan fingerprint density at radius 3 is 2.82 bits per heavy atom. The van der Waals surface area contributed by atoms with E-state index in [9.17, 15) is 9.59 Å². The quantitative estimate of drug-likeness (QED) is 0.775. The summed E-state index contributed by atoms with van der Waals surface area (Å²) in [6, 6.07) is 6.81. The van der Waals surface area contributed by atoms with Gasteiger partial charge in [-0.1, -0.05) is 23.7 Å². The average Bonchev–Trinajstić information content (AvgIpc) is 2.81. The maximum Gasteiger partial charge on any atom is 0.249 e. The molecular formula is C15H21Cl2N3O2. The summed E-state index contributed by atoms with van der Waals surface area (Å²) >= 11 is 6.12. The minimum absolute atomic E-state index is 0. The fraction of sp³-hybridized carbons (Fsp3) is 0.467. The Kier molecular flexibility index (Phi) is 7.65. The lowest BCUT2D eigenvalue weighted by molar-refractivity contribution is -0.126. The van der Waals surface area contributed by atoms with Crippen LogP contribution in [-0.4, -0.2) is 38.0 Å². The number of halogens is 2. The molecule has 2 rings (SSSR count). The minimum Gasteiger partial charge on any atom is -0.344 e. The number of hydrogen-bond donors (Lipinski definition) is 2. The van der Waals surface area contributed by atoms with Crippen molar-refractivity contribution in [3.63, 3.8) is 0 Å². The predicted molar refractivity (Wildman–Crippen MR) is 90.8 cm³/mol. The number of rotatable bonds is 6. The lowest BCUT2D eigenvalue weighted by Crippen LogP contribution is -2.41. The molecule has 0 aliphatic carbocycles. The van der Waals surface area contributed by atoms with Gasteiger partial charge in [0, 0.05) is 13.0 Å². The summed E-state index contributed by atoms with van der Waals surface area (Å²) in [4.78, 5) is 25.8. The van der Waals surface area contributed by atoms with Crippen molar-refractivity contribution in [2.45, 2.75) is 25.3 Å². The topological polar surface area (TPSA) is 61.4 Å². The van der Waals surface area contributed by atoms with Crippen LogP contribution < -0.4 is 15.5 Å². The number of para-hydroxylation sites is 1. The first-order chi connectivity index (χ1) is 10.1. The lowest BCUT2D eigenvalue weighted by Gasteiger charge is -2.18. The maximum atomic E-state index is 12.4. The first-order valence-corrected chi connectivity index (χ1v) is 7.51. The summed E-state index contributed by atoms with van der Waals surface area (Å²) in [5.74, 6) is -0.172. The molecule has 0 radical (unpaired) electrons. The standard InChI is InChI=1S/C15H20ClN3O2.ClH/c1-17-9-4-7-14(20)18-12-8-10-19(15(12)21)13-6-3-2-5-11(13)16;/h2-3,5-6,12,17H,4,7-10H2,1H3,(H,18,20);1H. The number of nitrogens with zero attached hydrogens (tertiary/aromatic N) is 1. The summed E-state index contributed by atoms with van der Waals surface area (Å²) in [6.45, 7) is 1.36. The van der Waals surface area contributed by atoms with Gasteiger partial charge in [-0.3, -0.25) is 9.59 Å². The van der Waals surface area contributed by atoms with Crippen LogP contribution >= 0.6 is 24.0 Å². The van der Waals surface area contributed by atoms with Crippen molar-refractivity contribution in [1.29, 1.82) is 0 Å². The van der Waals surface area contributed by atoms with Gasteiger partial charge in [-0.05, 0) is 38.6 Å². The lowest BCUT2D eigenvalue weighted by atomic mass is 10.2. The molecule has 1 unspecified atom stereocenters. The summed E-state index contributed by atoms with van der Waals surface area (Å²) < 4.78 is 0. The zero-order valence-corrected chi connectivity index (χ0v) is 14.0. The van der Waals surface area contributed by atoms with Gasteiger partial charge in [-0.2, -0.15) is 0 Å². The number of nitrogens with one attached hydrogen (secondary N) is 2. The summed E-state index contributed by atoms with van der Waals surface area (Å²) in [5.41, 5.74) is 0.705. The molecule has 0 spiro atoms. The molecule has 1 fully saturated rings. The highest BCUT2D eigenvalue weighted by Crippen LogP contribution is 2.28. The van der Waals surface area contributed by atoms with E-state index >= 15 is 0 Å². The third kappa shape index (κ3) is 4.60. The van der Waals surface area contributed by atoms with E-state index in [2.05, 4.69) is 10.6 Å². The second-order valence-electron chi connectivity index (χ2n) is 5.06. The summed E-state index contributed by atoms with van der Waals surface area (Å²) in [5, 5.41) is 6.34. The highest BCUT2D eigenvalue weighted by Gasteiger charge is 2.34. The van der Waals surface area contributed by atoms with Crippen molar-refractivity contribution in [1.82, 2.24) is 10.6 Å². The maximum absolute atomic E-state index is 12.4. The Balaban J connectivity index is 0.00000242. The molecule has 122 valence electrons. The van der Waals surface area contributed by atoms with Gasteiger partial charge in [0.15, 0.2) is 0 Å². The number of hydrogen-bond acceptors (Lipinski definition) is 3. The fourth-order valence-corrected chi connectivity index (χ4v) is 2.65. The van der Waals surface area contributed by atoms with E-state index in [1.165, 1.54) is 0 Å². The van der Waals surface area contributed by atoms with Crippen LogP contribution in [0.5, 0.6) is 0 Å². The Bertz CT molecular complexity index is 525. The van der Waals surface area contributed by atoms with Crippen molar-refractivity contribution >= 4 is 41.5 Å². The molecule has 5 nitrogen and oxygen atoms in total. The van der Waals surface area contributed by atoms with Crippen molar-refractivity contribution < 1.29 is 9.59 Å². The van der Waals surface area contributed by atoms with Crippen LogP contribution in [0.25, 0.3) is 0 Å². The van der Waals surface area contributed by atoms with Gasteiger partial charge in [0.25, 0.3) is 0 Å². The highest BCUT2D eigenvalue weighted by atomic mass is 35.5. The van der Waals surface area contributed by atoms with E-state index in [1.54, 1.807) is 11.0 Å². The van der Waals surface area contributed by atoms with Crippen LogP contribution in [-0.2, 0) is 9.59 Å². The average molecular weight is 346 g/mol. The van der Waals surface area contributed by atoms with Gasteiger partial charge in [0.2, 0.25) is 11.8 Å². The zero-order valence-electron chi connectivity index (χ0n) is 12.5.